The van der Waals surface area contributed by atoms with Gasteiger partial charge in [0, 0.05) is 11.3 Å². The summed E-state index contributed by atoms with van der Waals surface area (Å²) in [6.07, 6.45) is 1.89. The molecule has 0 aliphatic carbocycles. The molecular weight excluding hydrogens is 198 g/mol. The van der Waals surface area contributed by atoms with Crippen molar-refractivity contribution in [2.75, 3.05) is 18.7 Å². The highest BCUT2D eigenvalue weighted by Crippen LogP contribution is 2.09. The minimum atomic E-state index is -0.198. The van der Waals surface area contributed by atoms with Crippen molar-refractivity contribution in [2.45, 2.75) is 18.2 Å². The zero-order valence-corrected chi connectivity index (χ0v) is 8.78. The van der Waals surface area contributed by atoms with E-state index in [0.717, 1.165) is 0 Å². The summed E-state index contributed by atoms with van der Waals surface area (Å²) in [6, 6.07) is -0.0451. The van der Waals surface area contributed by atoms with Crippen molar-refractivity contribution in [3.05, 3.63) is 0 Å². The fourth-order valence-electron chi connectivity index (χ4n) is 0.822. The molecule has 3 nitrogen and oxygen atoms in total. The average Bonchev–Trinajstić information content (AvgIpc) is 2.06. The lowest BCUT2D eigenvalue weighted by Crippen LogP contribution is -2.41. The summed E-state index contributed by atoms with van der Waals surface area (Å²) in [5, 5.41) is 11.6. The Morgan fingerprint density at radius 1 is 1.75 bits per heavy atom. The van der Waals surface area contributed by atoms with Gasteiger partial charge in [-0.25, -0.2) is 0 Å². The lowest BCUT2D eigenvalue weighted by Gasteiger charge is -2.20. The van der Waals surface area contributed by atoms with Crippen LogP contribution in [-0.2, 0) is 4.79 Å². The Kier molecular flexibility index (Phi) is 6.61. The minimum Gasteiger partial charge on any atom is -0.395 e. The van der Waals surface area contributed by atoms with Gasteiger partial charge in [0.1, 0.15) is 5.88 Å². The molecule has 0 aliphatic heterocycles. The third-order valence-electron chi connectivity index (χ3n) is 1.55. The van der Waals surface area contributed by atoms with Gasteiger partial charge in [-0.05, 0) is 13.2 Å². The van der Waals surface area contributed by atoms with Crippen LogP contribution in [0, 0.1) is 0 Å². The summed E-state index contributed by atoms with van der Waals surface area (Å²) in [4.78, 5) is 10.8. The smallest absolute Gasteiger partial charge is 0.235 e. The van der Waals surface area contributed by atoms with Crippen LogP contribution in [0.1, 0.15) is 6.92 Å². The molecule has 12 heavy (non-hydrogen) atoms. The van der Waals surface area contributed by atoms with Crippen molar-refractivity contribution in [1.82, 2.24) is 5.32 Å². The number of amides is 1. The van der Waals surface area contributed by atoms with E-state index in [4.69, 9.17) is 16.7 Å². The molecule has 2 unspecified atom stereocenters. The van der Waals surface area contributed by atoms with Gasteiger partial charge >= 0.3 is 0 Å². The molecule has 2 atom stereocenters. The molecule has 0 aromatic heterocycles. The maximum atomic E-state index is 10.8. The van der Waals surface area contributed by atoms with Crippen molar-refractivity contribution in [1.29, 1.82) is 0 Å². The van der Waals surface area contributed by atoms with Gasteiger partial charge in [0.15, 0.2) is 0 Å². The number of hydrogen-bond acceptors (Lipinski definition) is 3. The first-order chi connectivity index (χ1) is 5.65. The van der Waals surface area contributed by atoms with E-state index in [-0.39, 0.29) is 29.7 Å². The van der Waals surface area contributed by atoms with Gasteiger partial charge in [-0.1, -0.05) is 0 Å². The van der Waals surface area contributed by atoms with Crippen LogP contribution >= 0.6 is 23.4 Å². The second kappa shape index (κ2) is 6.57. The van der Waals surface area contributed by atoms with Gasteiger partial charge in [0.2, 0.25) is 5.91 Å². The molecule has 5 heteroatoms. The second-order valence-corrected chi connectivity index (χ2v) is 3.79. The molecular formula is C7H14ClNO2S. The summed E-state index contributed by atoms with van der Waals surface area (Å²) in [5.74, 6) is -0.228. The zero-order valence-electron chi connectivity index (χ0n) is 7.21. The summed E-state index contributed by atoms with van der Waals surface area (Å²) in [6.45, 7) is 1.91. The van der Waals surface area contributed by atoms with Gasteiger partial charge in [-0.3, -0.25) is 4.79 Å². The number of aliphatic hydroxyl groups excluding tert-OH is 1. The van der Waals surface area contributed by atoms with Gasteiger partial charge in [-0.2, -0.15) is 11.8 Å². The van der Waals surface area contributed by atoms with Crippen molar-refractivity contribution >= 4 is 29.3 Å². The van der Waals surface area contributed by atoms with Gasteiger partial charge in [0.25, 0.3) is 0 Å². The number of halogens is 1. The number of thioether (sulfide) groups is 1. The van der Waals surface area contributed by atoms with Crippen LogP contribution in [0.25, 0.3) is 0 Å². The number of nitrogens with one attached hydrogen (secondary N) is 1. The molecule has 0 heterocycles. The van der Waals surface area contributed by atoms with Crippen LogP contribution in [0.3, 0.4) is 0 Å². The Hall–Kier alpha value is 0.0700. The van der Waals surface area contributed by atoms with Gasteiger partial charge in [0.05, 0.1) is 6.61 Å². The van der Waals surface area contributed by atoms with Crippen LogP contribution in [0.4, 0.5) is 0 Å². The molecule has 2 N–H and O–H groups in total. The number of carbonyl (C=O) groups excluding carboxylic acids is 1. The first-order valence-corrected chi connectivity index (χ1v) is 5.47. The molecule has 0 saturated carbocycles. The van der Waals surface area contributed by atoms with Crippen molar-refractivity contribution in [2.24, 2.45) is 0 Å². The summed E-state index contributed by atoms with van der Waals surface area (Å²) >= 11 is 6.83. The molecule has 0 rings (SSSR count). The number of alkyl halides is 1. The van der Waals surface area contributed by atoms with Crippen LogP contribution in [0.15, 0.2) is 0 Å². The highest BCUT2D eigenvalue weighted by atomic mass is 35.5. The number of hydrogen-bond donors (Lipinski definition) is 2. The molecule has 0 saturated heterocycles. The minimum absolute atomic E-state index is 0.0309. The normalized spacial score (nSPS) is 15.3. The van der Waals surface area contributed by atoms with Gasteiger partial charge < -0.3 is 10.4 Å². The van der Waals surface area contributed by atoms with E-state index in [2.05, 4.69) is 5.32 Å². The molecule has 0 fully saturated rings. The fraction of sp³-hybridized carbons (Fsp3) is 0.857. The molecule has 0 aromatic carbocycles. The molecule has 0 aromatic rings. The first-order valence-electron chi connectivity index (χ1n) is 3.64. The van der Waals surface area contributed by atoms with E-state index >= 15 is 0 Å². The van der Waals surface area contributed by atoms with Crippen LogP contribution in [0.2, 0.25) is 0 Å². The van der Waals surface area contributed by atoms with E-state index in [1.807, 2.05) is 13.2 Å². The van der Waals surface area contributed by atoms with E-state index in [9.17, 15) is 4.79 Å². The zero-order chi connectivity index (χ0) is 9.56. The molecule has 72 valence electrons. The summed E-state index contributed by atoms with van der Waals surface area (Å²) < 4.78 is 0. The van der Waals surface area contributed by atoms with Crippen molar-refractivity contribution < 1.29 is 9.90 Å². The third kappa shape index (κ3) is 4.18. The Labute approximate surface area is 81.9 Å². The topological polar surface area (TPSA) is 49.3 Å². The molecule has 0 bridgehead atoms. The van der Waals surface area contributed by atoms with E-state index in [1.54, 1.807) is 0 Å². The third-order valence-corrected chi connectivity index (χ3v) is 2.96. The number of carbonyl (C=O) groups is 1. The van der Waals surface area contributed by atoms with Crippen molar-refractivity contribution in [3.8, 4) is 0 Å². The largest absolute Gasteiger partial charge is 0.395 e. The predicted octanol–water partition coefficient (Wildman–Crippen LogP) is 0.454. The molecule has 1 amide bonds. The molecule has 0 spiro atoms. The Morgan fingerprint density at radius 3 is 2.67 bits per heavy atom. The fourth-order valence-corrected chi connectivity index (χ4v) is 1.52. The summed E-state index contributed by atoms with van der Waals surface area (Å²) in [5.41, 5.74) is 0. The highest BCUT2D eigenvalue weighted by Gasteiger charge is 2.16. The quantitative estimate of drug-likeness (QED) is 0.650. The SMILES string of the molecule is CSC(CO)C(C)NC(=O)CCl. The van der Waals surface area contributed by atoms with Crippen molar-refractivity contribution in [3.63, 3.8) is 0 Å². The Balaban J connectivity index is 3.83. The van der Waals surface area contributed by atoms with E-state index in [1.165, 1.54) is 11.8 Å². The Morgan fingerprint density at radius 2 is 2.33 bits per heavy atom. The molecule has 0 radical (unpaired) electrons. The number of rotatable bonds is 5. The number of aliphatic hydroxyl groups is 1. The van der Waals surface area contributed by atoms with Crippen LogP contribution < -0.4 is 5.32 Å². The maximum Gasteiger partial charge on any atom is 0.235 e. The lowest BCUT2D eigenvalue weighted by atomic mass is 10.2. The second-order valence-electron chi connectivity index (χ2n) is 2.45. The van der Waals surface area contributed by atoms with E-state index in [0.29, 0.717) is 0 Å². The highest BCUT2D eigenvalue weighted by molar-refractivity contribution is 7.99. The first kappa shape index (κ1) is 12.1. The predicted molar refractivity (Wildman–Crippen MR) is 52.7 cm³/mol. The average molecular weight is 212 g/mol. The Bertz CT molecular complexity index is 141. The van der Waals surface area contributed by atoms with Crippen LogP contribution in [0.5, 0.6) is 0 Å². The standard InChI is InChI=1S/C7H14ClNO2S/c1-5(6(4-10)12-2)9-7(11)3-8/h5-6,10H,3-4H2,1-2H3,(H,9,11). The maximum absolute atomic E-state index is 10.8. The van der Waals surface area contributed by atoms with Gasteiger partial charge in [-0.15, -0.1) is 11.6 Å². The lowest BCUT2D eigenvalue weighted by molar-refractivity contribution is -0.119. The monoisotopic (exact) mass is 211 g/mol. The van der Waals surface area contributed by atoms with E-state index < -0.39 is 0 Å². The molecule has 0 aliphatic rings. The summed E-state index contributed by atoms with van der Waals surface area (Å²) in [7, 11) is 0. The van der Waals surface area contributed by atoms with Crippen LogP contribution in [-0.4, -0.2) is 41.0 Å².